The lowest BCUT2D eigenvalue weighted by Gasteiger charge is -2.19. The lowest BCUT2D eigenvalue weighted by molar-refractivity contribution is 0.226. The quantitative estimate of drug-likeness (QED) is 0.853. The summed E-state index contributed by atoms with van der Waals surface area (Å²) < 4.78 is 44.2. The second-order valence-corrected chi connectivity index (χ2v) is 8.52. The third-order valence-corrected chi connectivity index (χ3v) is 7.41. The molecule has 1 heterocycles. The fraction of sp³-hybridized carbons (Fsp3) is 0.250. The van der Waals surface area contributed by atoms with Gasteiger partial charge in [-0.25, -0.2) is 12.6 Å². The summed E-state index contributed by atoms with van der Waals surface area (Å²) in [6.45, 7) is 3.58. The molecule has 1 fully saturated rings. The van der Waals surface area contributed by atoms with Gasteiger partial charge in [0.05, 0.1) is 10.9 Å². The van der Waals surface area contributed by atoms with Gasteiger partial charge in [0.15, 0.2) is 0 Å². The fourth-order valence-electron chi connectivity index (χ4n) is 2.55. The predicted molar refractivity (Wildman–Crippen MR) is 88.1 cm³/mol. The van der Waals surface area contributed by atoms with Gasteiger partial charge < -0.3 is 0 Å². The van der Waals surface area contributed by atoms with Crippen LogP contribution in [0.5, 0.6) is 0 Å². The van der Waals surface area contributed by atoms with Gasteiger partial charge in [0.1, 0.15) is 6.10 Å². The van der Waals surface area contributed by atoms with Crippen LogP contribution < -0.4 is 0 Å². The molecule has 0 aliphatic carbocycles. The van der Waals surface area contributed by atoms with Crippen molar-refractivity contribution in [1.82, 2.24) is 3.71 Å². The van der Waals surface area contributed by atoms with Crippen molar-refractivity contribution >= 4 is 21.3 Å². The van der Waals surface area contributed by atoms with Gasteiger partial charge in [-0.1, -0.05) is 51.7 Å². The van der Waals surface area contributed by atoms with E-state index in [1.165, 1.54) is 12.1 Å². The maximum Gasteiger partial charge on any atom is 0.256 e. The molecule has 23 heavy (non-hydrogen) atoms. The topological polar surface area (TPSA) is 63.7 Å². The van der Waals surface area contributed by atoms with Crippen molar-refractivity contribution in [3.05, 3.63) is 65.7 Å². The van der Waals surface area contributed by atoms with Crippen LogP contribution in [0.4, 0.5) is 0 Å². The van der Waals surface area contributed by atoms with E-state index in [-0.39, 0.29) is 4.90 Å². The number of aryl methyl sites for hydroxylation is 1. The van der Waals surface area contributed by atoms with Crippen molar-refractivity contribution in [1.29, 1.82) is 0 Å². The summed E-state index contributed by atoms with van der Waals surface area (Å²) in [5.41, 5.74) is 1.76. The zero-order valence-electron chi connectivity index (χ0n) is 12.7. The zero-order valence-corrected chi connectivity index (χ0v) is 14.4. The number of nitrogens with zero attached hydrogens (tertiary/aromatic N) is 1. The zero-order chi connectivity index (χ0) is 16.6. The molecule has 2 aromatic rings. The van der Waals surface area contributed by atoms with Crippen molar-refractivity contribution in [2.24, 2.45) is 0 Å². The van der Waals surface area contributed by atoms with Crippen LogP contribution in [0.15, 0.2) is 59.5 Å². The van der Waals surface area contributed by atoms with Gasteiger partial charge in [-0.05, 0) is 31.5 Å². The average Bonchev–Trinajstić information content (AvgIpc) is 2.84. The van der Waals surface area contributed by atoms with E-state index in [1.807, 2.05) is 37.3 Å². The molecule has 0 N–H and O–H groups in total. The largest absolute Gasteiger partial charge is 0.267 e. The number of sulfonamides is 1. The van der Waals surface area contributed by atoms with Crippen LogP contribution in [-0.4, -0.2) is 22.4 Å². The Labute approximate surface area is 138 Å². The summed E-state index contributed by atoms with van der Waals surface area (Å²) in [5.74, 6) is 0. The Morgan fingerprint density at radius 1 is 1.04 bits per heavy atom. The van der Waals surface area contributed by atoms with Gasteiger partial charge in [-0.3, -0.25) is 4.18 Å². The molecular weight excluding hydrogens is 334 g/mol. The van der Waals surface area contributed by atoms with Crippen molar-refractivity contribution < 1.29 is 16.8 Å². The van der Waals surface area contributed by atoms with Crippen molar-refractivity contribution in [3.8, 4) is 0 Å². The summed E-state index contributed by atoms with van der Waals surface area (Å²) in [6.07, 6.45) is -0.558. The summed E-state index contributed by atoms with van der Waals surface area (Å²) in [6, 6.07) is 15.1. The molecule has 2 aromatic carbocycles. The summed E-state index contributed by atoms with van der Waals surface area (Å²) in [4.78, 5) is 0.112. The molecule has 0 aromatic heterocycles. The van der Waals surface area contributed by atoms with Crippen LogP contribution in [0.1, 0.15) is 24.2 Å². The molecule has 5 nitrogen and oxygen atoms in total. The van der Waals surface area contributed by atoms with E-state index in [0.29, 0.717) is 0 Å². The van der Waals surface area contributed by atoms with Crippen molar-refractivity contribution in [2.45, 2.75) is 30.9 Å². The number of hydrogen-bond donors (Lipinski definition) is 0. The van der Waals surface area contributed by atoms with E-state index >= 15 is 0 Å². The highest BCUT2D eigenvalue weighted by Gasteiger charge is 2.46. The molecule has 1 aliphatic heterocycles. The molecule has 7 heteroatoms. The van der Waals surface area contributed by atoms with E-state index in [2.05, 4.69) is 0 Å². The Morgan fingerprint density at radius 2 is 1.65 bits per heavy atom. The van der Waals surface area contributed by atoms with Gasteiger partial charge in [0.25, 0.3) is 21.3 Å². The number of benzene rings is 2. The second-order valence-electron chi connectivity index (χ2n) is 5.46. The lowest BCUT2D eigenvalue weighted by atomic mass is 10.0. The Morgan fingerprint density at radius 3 is 2.26 bits per heavy atom. The van der Waals surface area contributed by atoms with Crippen LogP contribution in [0, 0.1) is 6.92 Å². The van der Waals surface area contributed by atoms with Crippen LogP contribution >= 0.6 is 0 Å². The summed E-state index contributed by atoms with van der Waals surface area (Å²) >= 11 is -2.05. The fourth-order valence-corrected chi connectivity index (χ4v) is 5.70. The van der Waals surface area contributed by atoms with E-state index < -0.39 is 33.4 Å². The first kappa shape index (κ1) is 16.3. The normalized spacial score (nSPS) is 25.6. The molecule has 0 bridgehead atoms. The molecular formula is C16H17NO4S2. The first-order valence-corrected chi connectivity index (χ1v) is 9.63. The molecule has 1 unspecified atom stereocenters. The third-order valence-electron chi connectivity index (χ3n) is 3.79. The number of hydrogen-bond acceptors (Lipinski definition) is 4. The average molecular weight is 351 g/mol. The maximum absolute atomic E-state index is 12.8. The van der Waals surface area contributed by atoms with E-state index in [4.69, 9.17) is 4.18 Å². The molecule has 3 atom stereocenters. The highest BCUT2D eigenvalue weighted by atomic mass is 32.3. The van der Waals surface area contributed by atoms with Gasteiger partial charge in [-0.15, -0.1) is 0 Å². The van der Waals surface area contributed by atoms with Crippen molar-refractivity contribution in [2.75, 3.05) is 0 Å². The highest BCUT2D eigenvalue weighted by molar-refractivity contribution is 7.99. The minimum Gasteiger partial charge on any atom is -0.267 e. The summed E-state index contributed by atoms with van der Waals surface area (Å²) in [7, 11) is -3.89. The van der Waals surface area contributed by atoms with Gasteiger partial charge in [0, 0.05) is 0 Å². The number of rotatable bonds is 3. The monoisotopic (exact) mass is 351 g/mol. The molecule has 122 valence electrons. The Hall–Kier alpha value is -1.54. The van der Waals surface area contributed by atoms with Gasteiger partial charge in [-0.2, -0.15) is 0 Å². The molecule has 1 saturated heterocycles. The van der Waals surface area contributed by atoms with E-state index in [1.54, 1.807) is 19.1 Å². The molecule has 1 aliphatic rings. The molecule has 0 radical (unpaired) electrons. The third kappa shape index (κ3) is 2.97. The predicted octanol–water partition coefficient (Wildman–Crippen LogP) is 2.72. The molecule has 0 spiro atoms. The molecule has 3 rings (SSSR count). The summed E-state index contributed by atoms with van der Waals surface area (Å²) in [5, 5.41) is 0. The SMILES string of the molecule is Cc1ccc(S(=O)(=O)N2[C@H](C)[C@H](c3ccccc3)OS2=O)cc1. The van der Waals surface area contributed by atoms with Crippen LogP contribution in [0.25, 0.3) is 0 Å². The smallest absolute Gasteiger partial charge is 0.256 e. The Kier molecular flexibility index (Phi) is 4.37. The Balaban J connectivity index is 1.96. The first-order valence-electron chi connectivity index (χ1n) is 7.16. The Bertz CT molecular complexity index is 819. The minimum absolute atomic E-state index is 0.112. The van der Waals surface area contributed by atoms with Gasteiger partial charge in [0.2, 0.25) is 0 Å². The second kappa shape index (κ2) is 6.16. The first-order chi connectivity index (χ1) is 10.9. The maximum atomic E-state index is 12.8. The standard InChI is InChI=1S/C16H17NO4S2/c1-12-8-10-15(11-9-12)23(19,20)17-13(2)16(21-22(17)18)14-6-4-3-5-7-14/h3-11,13,16H,1-2H3/t13-,16-,22?/m1/s1. The van der Waals surface area contributed by atoms with E-state index in [0.717, 1.165) is 14.8 Å². The van der Waals surface area contributed by atoms with Crippen molar-refractivity contribution in [3.63, 3.8) is 0 Å². The molecule has 0 amide bonds. The minimum atomic E-state index is -3.89. The molecule has 0 saturated carbocycles. The van der Waals surface area contributed by atoms with Crippen LogP contribution in [0.2, 0.25) is 0 Å². The van der Waals surface area contributed by atoms with Crippen LogP contribution in [-0.2, 0) is 25.5 Å². The van der Waals surface area contributed by atoms with Gasteiger partial charge >= 0.3 is 0 Å². The van der Waals surface area contributed by atoms with E-state index in [9.17, 15) is 12.6 Å². The van der Waals surface area contributed by atoms with Crippen LogP contribution in [0.3, 0.4) is 0 Å². The lowest BCUT2D eigenvalue weighted by Crippen LogP contribution is -2.35. The highest BCUT2D eigenvalue weighted by Crippen LogP contribution is 2.37.